The average molecular weight is 285 g/mol. The Hall–Kier alpha value is -0.650. The van der Waals surface area contributed by atoms with Crippen molar-refractivity contribution in [3.8, 4) is 0 Å². The number of carbonyl (C=O) groups excluding carboxylic acids is 1. The smallest absolute Gasteiger partial charge is 0.310 e. The van der Waals surface area contributed by atoms with Gasteiger partial charge in [0.25, 0.3) is 0 Å². The van der Waals surface area contributed by atoms with Crippen molar-refractivity contribution >= 4 is 5.97 Å². The van der Waals surface area contributed by atoms with Crippen LogP contribution in [0.4, 0.5) is 0 Å². The molecule has 0 radical (unpaired) electrons. The second-order valence-corrected chi connectivity index (χ2v) is 5.56. The van der Waals surface area contributed by atoms with Crippen LogP contribution in [0, 0.1) is 5.92 Å². The summed E-state index contributed by atoms with van der Waals surface area (Å²) < 4.78 is 16.4. The first kappa shape index (κ1) is 15.7. The van der Waals surface area contributed by atoms with E-state index in [0.717, 1.165) is 51.9 Å². The van der Waals surface area contributed by atoms with E-state index < -0.39 is 0 Å². The van der Waals surface area contributed by atoms with Crippen molar-refractivity contribution in [2.45, 2.75) is 45.3 Å². The number of hydrogen-bond donors (Lipinski definition) is 0. The lowest BCUT2D eigenvalue weighted by Crippen LogP contribution is -2.41. The summed E-state index contributed by atoms with van der Waals surface area (Å²) in [7, 11) is 0. The average Bonchev–Trinajstić information content (AvgIpc) is 2.49. The van der Waals surface area contributed by atoms with Gasteiger partial charge in [0.05, 0.1) is 19.1 Å². The number of esters is 1. The number of nitrogens with zero attached hydrogens (tertiary/aromatic N) is 1. The number of hydrogen-bond acceptors (Lipinski definition) is 5. The molecule has 2 saturated heterocycles. The quantitative estimate of drug-likeness (QED) is 0.697. The second-order valence-electron chi connectivity index (χ2n) is 5.56. The van der Waals surface area contributed by atoms with Gasteiger partial charge in [0.1, 0.15) is 0 Å². The Labute approximate surface area is 121 Å². The molecule has 5 nitrogen and oxygen atoms in total. The minimum atomic E-state index is -0.0475. The van der Waals surface area contributed by atoms with Gasteiger partial charge in [-0.3, -0.25) is 4.79 Å². The first-order valence-electron chi connectivity index (χ1n) is 7.91. The Morgan fingerprint density at radius 1 is 1.30 bits per heavy atom. The minimum Gasteiger partial charge on any atom is -0.466 e. The van der Waals surface area contributed by atoms with Crippen LogP contribution in [-0.2, 0) is 19.0 Å². The van der Waals surface area contributed by atoms with Crippen LogP contribution in [0.5, 0.6) is 0 Å². The predicted octanol–water partition coefficient (Wildman–Crippen LogP) is 1.80. The van der Waals surface area contributed by atoms with Crippen molar-refractivity contribution in [2.75, 3.05) is 39.5 Å². The molecule has 2 fully saturated rings. The fraction of sp³-hybridized carbons (Fsp3) is 0.933. The fourth-order valence-corrected chi connectivity index (χ4v) is 2.87. The van der Waals surface area contributed by atoms with Gasteiger partial charge in [0.15, 0.2) is 6.29 Å². The van der Waals surface area contributed by atoms with Crippen molar-refractivity contribution in [3.63, 3.8) is 0 Å². The summed E-state index contributed by atoms with van der Waals surface area (Å²) in [5, 5.41) is 0. The van der Waals surface area contributed by atoms with E-state index >= 15 is 0 Å². The van der Waals surface area contributed by atoms with Gasteiger partial charge in [-0.25, -0.2) is 0 Å². The van der Waals surface area contributed by atoms with Crippen LogP contribution in [0.2, 0.25) is 0 Å². The third-order valence-electron chi connectivity index (χ3n) is 3.97. The Morgan fingerprint density at radius 3 is 2.95 bits per heavy atom. The fourth-order valence-electron chi connectivity index (χ4n) is 2.87. The Morgan fingerprint density at radius 2 is 2.20 bits per heavy atom. The highest BCUT2D eigenvalue weighted by Crippen LogP contribution is 2.18. The number of likely N-dealkylation sites (tertiary alicyclic amines) is 1. The second kappa shape index (κ2) is 8.60. The van der Waals surface area contributed by atoms with E-state index in [9.17, 15) is 4.79 Å². The number of rotatable bonds is 6. The summed E-state index contributed by atoms with van der Waals surface area (Å²) >= 11 is 0. The molecular formula is C15H27NO4. The lowest BCUT2D eigenvalue weighted by atomic mass is 9.98. The molecule has 116 valence electrons. The lowest BCUT2D eigenvalue weighted by molar-refractivity contribution is -0.165. The van der Waals surface area contributed by atoms with Gasteiger partial charge in [-0.2, -0.15) is 0 Å². The third kappa shape index (κ3) is 5.04. The SMILES string of the molecule is CCOC(=O)C1CCCN(CCOC2CCCCO2)C1. The number of carbonyl (C=O) groups is 1. The van der Waals surface area contributed by atoms with E-state index in [-0.39, 0.29) is 18.2 Å². The molecule has 0 aromatic carbocycles. The topological polar surface area (TPSA) is 48.0 Å². The first-order chi connectivity index (χ1) is 9.79. The van der Waals surface area contributed by atoms with E-state index in [2.05, 4.69) is 4.90 Å². The first-order valence-corrected chi connectivity index (χ1v) is 7.91. The predicted molar refractivity (Wildman–Crippen MR) is 75.3 cm³/mol. The van der Waals surface area contributed by atoms with Crippen LogP contribution < -0.4 is 0 Å². The maximum Gasteiger partial charge on any atom is 0.310 e. The molecule has 2 aliphatic rings. The Bertz CT molecular complexity index is 292. The maximum atomic E-state index is 11.8. The minimum absolute atomic E-state index is 0.0191. The molecule has 0 aliphatic carbocycles. The van der Waals surface area contributed by atoms with Gasteiger partial charge in [-0.05, 0) is 45.6 Å². The highest BCUT2D eigenvalue weighted by atomic mass is 16.7. The molecule has 2 atom stereocenters. The molecule has 0 spiro atoms. The summed E-state index contributed by atoms with van der Waals surface area (Å²) in [6.45, 7) is 6.54. The van der Waals surface area contributed by atoms with Gasteiger partial charge in [-0.15, -0.1) is 0 Å². The molecule has 2 unspecified atom stereocenters. The molecule has 2 rings (SSSR count). The zero-order valence-electron chi connectivity index (χ0n) is 12.5. The summed E-state index contributed by atoms with van der Waals surface area (Å²) in [4.78, 5) is 14.1. The number of ether oxygens (including phenoxy) is 3. The third-order valence-corrected chi connectivity index (χ3v) is 3.97. The number of piperidine rings is 1. The summed E-state index contributed by atoms with van der Waals surface area (Å²) in [5.74, 6) is -0.0108. The molecule has 0 N–H and O–H groups in total. The normalized spacial score (nSPS) is 28.2. The van der Waals surface area contributed by atoms with Gasteiger partial charge in [0, 0.05) is 19.7 Å². The van der Waals surface area contributed by atoms with E-state index in [1.165, 1.54) is 6.42 Å². The van der Waals surface area contributed by atoms with Crippen molar-refractivity contribution in [1.82, 2.24) is 4.90 Å². The molecule has 20 heavy (non-hydrogen) atoms. The molecule has 0 aromatic heterocycles. The molecule has 0 aromatic rings. The highest BCUT2D eigenvalue weighted by molar-refractivity contribution is 5.72. The van der Waals surface area contributed by atoms with Crippen LogP contribution >= 0.6 is 0 Å². The summed E-state index contributed by atoms with van der Waals surface area (Å²) in [6, 6.07) is 0. The van der Waals surface area contributed by atoms with E-state index in [4.69, 9.17) is 14.2 Å². The van der Waals surface area contributed by atoms with E-state index in [0.29, 0.717) is 13.2 Å². The standard InChI is InChI=1S/C15H27NO4/c1-2-18-15(17)13-6-5-8-16(12-13)9-11-20-14-7-3-4-10-19-14/h13-14H,2-12H2,1H3. The molecule has 0 bridgehead atoms. The van der Waals surface area contributed by atoms with E-state index in [1.54, 1.807) is 0 Å². The van der Waals surface area contributed by atoms with Gasteiger partial charge in [-0.1, -0.05) is 0 Å². The zero-order valence-corrected chi connectivity index (χ0v) is 12.5. The van der Waals surface area contributed by atoms with Crippen molar-refractivity contribution in [2.24, 2.45) is 5.92 Å². The van der Waals surface area contributed by atoms with Crippen molar-refractivity contribution in [3.05, 3.63) is 0 Å². The zero-order chi connectivity index (χ0) is 14.2. The Kier molecular flexibility index (Phi) is 6.76. The van der Waals surface area contributed by atoms with Crippen molar-refractivity contribution in [1.29, 1.82) is 0 Å². The van der Waals surface area contributed by atoms with Crippen LogP contribution in [-0.4, -0.2) is 56.6 Å². The largest absolute Gasteiger partial charge is 0.466 e. The van der Waals surface area contributed by atoms with Crippen LogP contribution in [0.3, 0.4) is 0 Å². The molecule has 2 aliphatic heterocycles. The lowest BCUT2D eigenvalue weighted by Gasteiger charge is -2.32. The van der Waals surface area contributed by atoms with Gasteiger partial charge < -0.3 is 19.1 Å². The van der Waals surface area contributed by atoms with Crippen LogP contribution in [0.1, 0.15) is 39.0 Å². The molecule has 2 heterocycles. The molecule has 0 amide bonds. The van der Waals surface area contributed by atoms with Crippen LogP contribution in [0.25, 0.3) is 0 Å². The van der Waals surface area contributed by atoms with Crippen LogP contribution in [0.15, 0.2) is 0 Å². The van der Waals surface area contributed by atoms with E-state index in [1.807, 2.05) is 6.92 Å². The molecule has 5 heteroatoms. The molecule has 0 saturated carbocycles. The van der Waals surface area contributed by atoms with Gasteiger partial charge >= 0.3 is 5.97 Å². The van der Waals surface area contributed by atoms with Crippen molar-refractivity contribution < 1.29 is 19.0 Å². The summed E-state index contributed by atoms with van der Waals surface area (Å²) in [5.41, 5.74) is 0. The Balaban J connectivity index is 1.63. The maximum absolute atomic E-state index is 11.8. The van der Waals surface area contributed by atoms with Gasteiger partial charge in [0.2, 0.25) is 0 Å². The molecular weight excluding hydrogens is 258 g/mol. The summed E-state index contributed by atoms with van der Waals surface area (Å²) in [6.07, 6.45) is 5.33. The monoisotopic (exact) mass is 285 g/mol. The highest BCUT2D eigenvalue weighted by Gasteiger charge is 2.26.